The van der Waals surface area contributed by atoms with Crippen molar-refractivity contribution in [2.45, 2.75) is 6.92 Å². The predicted octanol–water partition coefficient (Wildman–Crippen LogP) is 5.25. The second-order valence-electron chi connectivity index (χ2n) is 6.59. The summed E-state index contributed by atoms with van der Waals surface area (Å²) in [5.41, 5.74) is 4.51. The van der Waals surface area contributed by atoms with Crippen LogP contribution in [0.2, 0.25) is 0 Å². The first-order valence-electron chi connectivity index (χ1n) is 8.84. The van der Waals surface area contributed by atoms with Crippen molar-refractivity contribution < 1.29 is 14.3 Å². The van der Waals surface area contributed by atoms with E-state index in [2.05, 4.69) is 24.4 Å². The van der Waals surface area contributed by atoms with Crippen molar-refractivity contribution >= 4 is 33.1 Å². The SMILES string of the molecule is Cc1ccc2nc(-c3ccc(NC(=O)c4ccc5c(c4)OCO5)cc3)sc2c1. The van der Waals surface area contributed by atoms with Gasteiger partial charge in [0.25, 0.3) is 5.91 Å². The van der Waals surface area contributed by atoms with Gasteiger partial charge in [-0.3, -0.25) is 4.79 Å². The Morgan fingerprint density at radius 3 is 2.68 bits per heavy atom. The molecule has 0 saturated carbocycles. The highest BCUT2D eigenvalue weighted by Crippen LogP contribution is 2.33. The molecular formula is C22H16N2O3S. The molecule has 6 heteroatoms. The normalized spacial score (nSPS) is 12.3. The van der Waals surface area contributed by atoms with E-state index in [1.807, 2.05) is 30.3 Å². The summed E-state index contributed by atoms with van der Waals surface area (Å²) < 4.78 is 11.8. The maximum atomic E-state index is 12.5. The molecule has 0 saturated heterocycles. The number of anilines is 1. The number of benzene rings is 3. The highest BCUT2D eigenvalue weighted by molar-refractivity contribution is 7.21. The summed E-state index contributed by atoms with van der Waals surface area (Å²) in [7, 11) is 0. The first-order valence-corrected chi connectivity index (χ1v) is 9.66. The molecule has 138 valence electrons. The van der Waals surface area contributed by atoms with E-state index >= 15 is 0 Å². The molecule has 4 aromatic rings. The molecule has 1 amide bonds. The summed E-state index contributed by atoms with van der Waals surface area (Å²) in [5, 5.41) is 3.88. The van der Waals surface area contributed by atoms with E-state index in [1.54, 1.807) is 29.5 Å². The van der Waals surface area contributed by atoms with Gasteiger partial charge in [-0.25, -0.2) is 4.98 Å². The van der Waals surface area contributed by atoms with Gasteiger partial charge in [0.1, 0.15) is 5.01 Å². The van der Waals surface area contributed by atoms with Gasteiger partial charge in [0.05, 0.1) is 10.2 Å². The number of hydrogen-bond donors (Lipinski definition) is 1. The molecule has 0 bridgehead atoms. The van der Waals surface area contributed by atoms with Crippen LogP contribution in [0, 0.1) is 6.92 Å². The third-order valence-electron chi connectivity index (χ3n) is 4.57. The summed E-state index contributed by atoms with van der Waals surface area (Å²) in [6, 6.07) is 19.1. The van der Waals surface area contributed by atoms with Crippen molar-refractivity contribution in [1.29, 1.82) is 0 Å². The van der Waals surface area contributed by atoms with Gasteiger partial charge in [0.15, 0.2) is 11.5 Å². The van der Waals surface area contributed by atoms with E-state index in [0.29, 0.717) is 17.1 Å². The molecule has 0 radical (unpaired) electrons. The Hall–Kier alpha value is -3.38. The number of amides is 1. The second-order valence-corrected chi connectivity index (χ2v) is 7.62. The number of aryl methyl sites for hydroxylation is 1. The van der Waals surface area contributed by atoms with Crippen LogP contribution < -0.4 is 14.8 Å². The quantitative estimate of drug-likeness (QED) is 0.520. The summed E-state index contributed by atoms with van der Waals surface area (Å²) in [6.45, 7) is 2.27. The first-order chi connectivity index (χ1) is 13.7. The number of nitrogens with zero attached hydrogens (tertiary/aromatic N) is 1. The van der Waals surface area contributed by atoms with Crippen LogP contribution >= 0.6 is 11.3 Å². The molecule has 0 unspecified atom stereocenters. The van der Waals surface area contributed by atoms with Crippen LogP contribution in [0.25, 0.3) is 20.8 Å². The number of aromatic nitrogens is 1. The number of fused-ring (bicyclic) bond motifs is 2. The van der Waals surface area contributed by atoms with Gasteiger partial charge in [0.2, 0.25) is 6.79 Å². The molecule has 1 aliphatic heterocycles. The molecule has 2 heterocycles. The van der Waals surface area contributed by atoms with Crippen molar-refractivity contribution in [3.8, 4) is 22.1 Å². The van der Waals surface area contributed by atoms with E-state index in [9.17, 15) is 4.79 Å². The minimum Gasteiger partial charge on any atom is -0.454 e. The number of rotatable bonds is 3. The fourth-order valence-electron chi connectivity index (χ4n) is 3.09. The van der Waals surface area contributed by atoms with Crippen molar-refractivity contribution in [3.63, 3.8) is 0 Å². The van der Waals surface area contributed by atoms with Gasteiger partial charge in [-0.2, -0.15) is 0 Å². The standard InChI is InChI=1S/C22H16N2O3S/c1-13-2-8-17-20(10-13)28-22(24-17)14-3-6-16(7-4-14)23-21(25)15-5-9-18-19(11-15)27-12-26-18/h2-11H,12H2,1H3,(H,23,25). The molecule has 0 aliphatic carbocycles. The second kappa shape index (κ2) is 6.65. The lowest BCUT2D eigenvalue weighted by molar-refractivity contribution is 0.102. The fourth-order valence-corrected chi connectivity index (χ4v) is 4.16. The molecule has 28 heavy (non-hydrogen) atoms. The zero-order valence-corrected chi connectivity index (χ0v) is 15.9. The Balaban J connectivity index is 1.35. The smallest absolute Gasteiger partial charge is 0.255 e. The number of thiazole rings is 1. The molecule has 0 fully saturated rings. The summed E-state index contributed by atoms with van der Waals surface area (Å²) >= 11 is 1.67. The highest BCUT2D eigenvalue weighted by atomic mass is 32.1. The number of ether oxygens (including phenoxy) is 2. The largest absolute Gasteiger partial charge is 0.454 e. The summed E-state index contributed by atoms with van der Waals surface area (Å²) in [5.74, 6) is 1.06. The van der Waals surface area contributed by atoms with Crippen LogP contribution in [0.5, 0.6) is 11.5 Å². The van der Waals surface area contributed by atoms with Gasteiger partial charge < -0.3 is 14.8 Å². The number of carbonyl (C=O) groups excluding carboxylic acids is 1. The molecule has 0 spiro atoms. The number of hydrogen-bond acceptors (Lipinski definition) is 5. The van der Waals surface area contributed by atoms with Crippen LogP contribution in [0.4, 0.5) is 5.69 Å². The Labute approximate surface area is 165 Å². The van der Waals surface area contributed by atoms with E-state index < -0.39 is 0 Å². The molecule has 5 rings (SSSR count). The molecule has 5 nitrogen and oxygen atoms in total. The van der Waals surface area contributed by atoms with Crippen molar-refractivity contribution in [2.75, 3.05) is 12.1 Å². The van der Waals surface area contributed by atoms with Crippen LogP contribution in [-0.4, -0.2) is 17.7 Å². The molecule has 0 atom stereocenters. The van der Waals surface area contributed by atoms with Crippen LogP contribution in [0.15, 0.2) is 60.7 Å². The number of nitrogens with one attached hydrogen (secondary N) is 1. The van der Waals surface area contributed by atoms with Crippen LogP contribution in [0.1, 0.15) is 15.9 Å². The molecule has 1 N–H and O–H groups in total. The lowest BCUT2D eigenvalue weighted by atomic mass is 10.1. The lowest BCUT2D eigenvalue weighted by Gasteiger charge is -2.06. The van der Waals surface area contributed by atoms with Crippen molar-refractivity contribution in [2.24, 2.45) is 0 Å². The summed E-state index contributed by atoms with van der Waals surface area (Å²) in [6.07, 6.45) is 0. The predicted molar refractivity (Wildman–Crippen MR) is 110 cm³/mol. The zero-order valence-electron chi connectivity index (χ0n) is 15.1. The summed E-state index contributed by atoms with van der Waals surface area (Å²) in [4.78, 5) is 17.2. The average Bonchev–Trinajstić information content (AvgIpc) is 3.34. The molecule has 1 aliphatic rings. The van der Waals surface area contributed by atoms with E-state index in [-0.39, 0.29) is 12.7 Å². The van der Waals surface area contributed by atoms with Gasteiger partial charge in [-0.15, -0.1) is 11.3 Å². The number of carbonyl (C=O) groups is 1. The highest BCUT2D eigenvalue weighted by Gasteiger charge is 2.16. The lowest BCUT2D eigenvalue weighted by Crippen LogP contribution is -2.11. The van der Waals surface area contributed by atoms with Gasteiger partial charge in [-0.1, -0.05) is 6.07 Å². The minimum absolute atomic E-state index is 0.188. The average molecular weight is 388 g/mol. The van der Waals surface area contributed by atoms with Crippen molar-refractivity contribution in [1.82, 2.24) is 4.98 Å². The molecule has 1 aromatic heterocycles. The third kappa shape index (κ3) is 3.08. The van der Waals surface area contributed by atoms with Crippen molar-refractivity contribution in [3.05, 3.63) is 71.8 Å². The van der Waals surface area contributed by atoms with Gasteiger partial charge in [0, 0.05) is 16.8 Å². The van der Waals surface area contributed by atoms with E-state index in [1.165, 1.54) is 10.3 Å². The monoisotopic (exact) mass is 388 g/mol. The van der Waals surface area contributed by atoms with Gasteiger partial charge in [-0.05, 0) is 67.1 Å². The zero-order chi connectivity index (χ0) is 19.1. The minimum atomic E-state index is -0.193. The third-order valence-corrected chi connectivity index (χ3v) is 5.64. The molecular weight excluding hydrogens is 372 g/mol. The van der Waals surface area contributed by atoms with E-state index in [4.69, 9.17) is 14.5 Å². The van der Waals surface area contributed by atoms with Gasteiger partial charge >= 0.3 is 0 Å². The fraction of sp³-hybridized carbons (Fsp3) is 0.0909. The van der Waals surface area contributed by atoms with Crippen LogP contribution in [0.3, 0.4) is 0 Å². The van der Waals surface area contributed by atoms with Crippen LogP contribution in [-0.2, 0) is 0 Å². The molecule has 3 aromatic carbocycles. The first kappa shape index (κ1) is 16.8. The van der Waals surface area contributed by atoms with E-state index in [0.717, 1.165) is 21.8 Å². The maximum Gasteiger partial charge on any atom is 0.255 e. The topological polar surface area (TPSA) is 60.5 Å². The maximum absolute atomic E-state index is 12.5. The Morgan fingerprint density at radius 1 is 1.00 bits per heavy atom. The Morgan fingerprint density at radius 2 is 1.82 bits per heavy atom. The Kier molecular flexibility index (Phi) is 3.98. The Bertz CT molecular complexity index is 1200.